The van der Waals surface area contributed by atoms with Gasteiger partial charge in [-0.25, -0.2) is 0 Å². The molecule has 1 amide bonds. The molecule has 0 unspecified atom stereocenters. The molecule has 1 aliphatic rings. The number of nitrogens with one attached hydrogen (secondary N) is 1. The van der Waals surface area contributed by atoms with Crippen molar-refractivity contribution in [3.05, 3.63) is 0 Å². The summed E-state index contributed by atoms with van der Waals surface area (Å²) >= 11 is 0. The molecule has 80 valence electrons. The molecule has 14 heavy (non-hydrogen) atoms. The van der Waals surface area contributed by atoms with Crippen LogP contribution in [0.1, 0.15) is 33.1 Å². The van der Waals surface area contributed by atoms with E-state index in [-0.39, 0.29) is 24.2 Å². The highest BCUT2D eigenvalue weighted by molar-refractivity contribution is 5.84. The second-order valence-corrected chi connectivity index (χ2v) is 4.18. The predicted octanol–water partition coefficient (Wildman–Crippen LogP) is 0.243. The fourth-order valence-electron chi connectivity index (χ4n) is 1.90. The third-order valence-corrected chi connectivity index (χ3v) is 2.75. The van der Waals surface area contributed by atoms with Gasteiger partial charge in [0.05, 0.1) is 5.60 Å². The molecule has 0 spiro atoms. The van der Waals surface area contributed by atoms with Crippen LogP contribution in [0.2, 0.25) is 0 Å². The SMILES string of the molecule is CC(=O)NC[C@](C)(O)[C@@H]1CCCC1=O. The van der Waals surface area contributed by atoms with Crippen LogP contribution in [0.4, 0.5) is 0 Å². The second-order valence-electron chi connectivity index (χ2n) is 4.18. The van der Waals surface area contributed by atoms with Crippen molar-refractivity contribution in [3.63, 3.8) is 0 Å². The molecule has 4 nitrogen and oxygen atoms in total. The molecular weight excluding hydrogens is 182 g/mol. The minimum Gasteiger partial charge on any atom is -0.388 e. The molecule has 0 bridgehead atoms. The van der Waals surface area contributed by atoms with Crippen molar-refractivity contribution in [1.29, 1.82) is 0 Å². The van der Waals surface area contributed by atoms with Gasteiger partial charge in [-0.1, -0.05) is 0 Å². The molecule has 0 aliphatic heterocycles. The van der Waals surface area contributed by atoms with Gasteiger partial charge in [-0.2, -0.15) is 0 Å². The van der Waals surface area contributed by atoms with Crippen LogP contribution in [-0.2, 0) is 9.59 Å². The Balaban J connectivity index is 2.54. The van der Waals surface area contributed by atoms with Crippen molar-refractivity contribution in [1.82, 2.24) is 5.32 Å². The standard InChI is InChI=1S/C10H17NO3/c1-7(12)11-6-10(2,14)8-4-3-5-9(8)13/h8,14H,3-6H2,1-2H3,(H,11,12)/t8-,10+/m1/s1. The number of hydrogen-bond donors (Lipinski definition) is 2. The van der Waals surface area contributed by atoms with Gasteiger partial charge in [-0.15, -0.1) is 0 Å². The zero-order valence-electron chi connectivity index (χ0n) is 8.67. The first-order valence-electron chi connectivity index (χ1n) is 4.93. The van der Waals surface area contributed by atoms with Crippen LogP contribution >= 0.6 is 0 Å². The normalized spacial score (nSPS) is 25.9. The second kappa shape index (κ2) is 4.09. The van der Waals surface area contributed by atoms with Crippen LogP contribution in [0.25, 0.3) is 0 Å². The van der Waals surface area contributed by atoms with E-state index in [1.807, 2.05) is 0 Å². The summed E-state index contributed by atoms with van der Waals surface area (Å²) in [7, 11) is 0. The minimum absolute atomic E-state index is 0.111. The number of ketones is 1. The molecule has 0 aromatic carbocycles. The zero-order chi connectivity index (χ0) is 10.8. The van der Waals surface area contributed by atoms with Crippen molar-refractivity contribution in [2.45, 2.75) is 38.7 Å². The van der Waals surface area contributed by atoms with E-state index in [1.54, 1.807) is 6.92 Å². The molecular formula is C10H17NO3. The van der Waals surface area contributed by atoms with E-state index < -0.39 is 5.60 Å². The molecule has 4 heteroatoms. The van der Waals surface area contributed by atoms with Crippen molar-refractivity contribution in [3.8, 4) is 0 Å². The Hall–Kier alpha value is -0.900. The first kappa shape index (κ1) is 11.2. The number of carbonyl (C=O) groups excluding carboxylic acids is 2. The van der Waals surface area contributed by atoms with Gasteiger partial charge in [0.25, 0.3) is 0 Å². The summed E-state index contributed by atoms with van der Waals surface area (Å²) < 4.78 is 0. The van der Waals surface area contributed by atoms with Crippen LogP contribution in [0.3, 0.4) is 0 Å². The van der Waals surface area contributed by atoms with Crippen molar-refractivity contribution in [2.24, 2.45) is 5.92 Å². The van der Waals surface area contributed by atoms with Crippen LogP contribution in [0.5, 0.6) is 0 Å². The molecule has 2 N–H and O–H groups in total. The average Bonchev–Trinajstić information content (AvgIpc) is 2.48. The Bertz CT molecular complexity index is 248. The molecule has 0 heterocycles. The lowest BCUT2D eigenvalue weighted by molar-refractivity contribution is -0.130. The van der Waals surface area contributed by atoms with Crippen molar-refractivity contribution < 1.29 is 14.7 Å². The van der Waals surface area contributed by atoms with Gasteiger partial charge >= 0.3 is 0 Å². The summed E-state index contributed by atoms with van der Waals surface area (Å²) in [6.07, 6.45) is 2.13. The van der Waals surface area contributed by atoms with Gasteiger partial charge in [0.1, 0.15) is 5.78 Å². The van der Waals surface area contributed by atoms with Gasteiger partial charge in [0.2, 0.25) is 5.91 Å². The minimum atomic E-state index is -1.10. The Morgan fingerprint density at radius 1 is 1.71 bits per heavy atom. The number of carbonyl (C=O) groups is 2. The van der Waals surface area contributed by atoms with Crippen molar-refractivity contribution >= 4 is 11.7 Å². The van der Waals surface area contributed by atoms with Gasteiger partial charge < -0.3 is 10.4 Å². The number of hydrogen-bond acceptors (Lipinski definition) is 3. The van der Waals surface area contributed by atoms with Crippen LogP contribution in [0, 0.1) is 5.92 Å². The fourth-order valence-corrected chi connectivity index (χ4v) is 1.90. The van der Waals surface area contributed by atoms with E-state index in [9.17, 15) is 14.7 Å². The molecule has 1 rings (SSSR count). The average molecular weight is 199 g/mol. The molecule has 1 fully saturated rings. The first-order valence-corrected chi connectivity index (χ1v) is 4.93. The summed E-state index contributed by atoms with van der Waals surface area (Å²) in [5, 5.41) is 12.5. The van der Waals surface area contributed by atoms with E-state index in [0.29, 0.717) is 6.42 Å². The molecule has 0 aromatic heterocycles. The maximum atomic E-state index is 11.4. The highest BCUT2D eigenvalue weighted by Crippen LogP contribution is 2.30. The summed E-state index contributed by atoms with van der Waals surface area (Å²) in [4.78, 5) is 22.1. The number of amides is 1. The van der Waals surface area contributed by atoms with Gasteiger partial charge in [-0.3, -0.25) is 9.59 Å². The lowest BCUT2D eigenvalue weighted by atomic mass is 9.87. The van der Waals surface area contributed by atoms with E-state index in [0.717, 1.165) is 12.8 Å². The third-order valence-electron chi connectivity index (χ3n) is 2.75. The van der Waals surface area contributed by atoms with Crippen molar-refractivity contribution in [2.75, 3.05) is 6.54 Å². The Labute approximate surface area is 83.7 Å². The Kier molecular flexibility index (Phi) is 3.26. The largest absolute Gasteiger partial charge is 0.388 e. The van der Waals surface area contributed by atoms with E-state index in [4.69, 9.17) is 0 Å². The maximum absolute atomic E-state index is 11.4. The monoisotopic (exact) mass is 199 g/mol. The number of rotatable bonds is 3. The quantitative estimate of drug-likeness (QED) is 0.684. The highest BCUT2D eigenvalue weighted by atomic mass is 16.3. The number of Topliss-reactive ketones (excluding diaryl/α,β-unsaturated/α-hetero) is 1. The molecule has 1 aliphatic carbocycles. The summed E-state index contributed by atoms with van der Waals surface area (Å²) in [5.74, 6) is -0.384. The number of aliphatic hydroxyl groups is 1. The third kappa shape index (κ3) is 2.54. The molecule has 0 aromatic rings. The highest BCUT2D eigenvalue weighted by Gasteiger charge is 2.39. The fraction of sp³-hybridized carbons (Fsp3) is 0.800. The molecule has 1 saturated carbocycles. The van der Waals surface area contributed by atoms with Gasteiger partial charge in [0, 0.05) is 25.8 Å². The molecule has 2 atom stereocenters. The molecule has 0 saturated heterocycles. The summed E-state index contributed by atoms with van der Waals surface area (Å²) in [6, 6.07) is 0. The zero-order valence-corrected chi connectivity index (χ0v) is 8.67. The van der Waals surface area contributed by atoms with Gasteiger partial charge in [-0.05, 0) is 19.8 Å². The lowest BCUT2D eigenvalue weighted by Gasteiger charge is -2.28. The smallest absolute Gasteiger partial charge is 0.216 e. The van der Waals surface area contributed by atoms with E-state index >= 15 is 0 Å². The van der Waals surface area contributed by atoms with Gasteiger partial charge in [0.15, 0.2) is 0 Å². The topological polar surface area (TPSA) is 66.4 Å². The maximum Gasteiger partial charge on any atom is 0.216 e. The van der Waals surface area contributed by atoms with E-state index in [1.165, 1.54) is 6.92 Å². The van der Waals surface area contributed by atoms with E-state index in [2.05, 4.69) is 5.32 Å². The Morgan fingerprint density at radius 2 is 2.36 bits per heavy atom. The summed E-state index contributed by atoms with van der Waals surface area (Å²) in [5.41, 5.74) is -1.10. The summed E-state index contributed by atoms with van der Waals surface area (Å²) in [6.45, 7) is 3.15. The van der Waals surface area contributed by atoms with Crippen LogP contribution < -0.4 is 5.32 Å². The predicted molar refractivity (Wildman–Crippen MR) is 51.7 cm³/mol. The van der Waals surface area contributed by atoms with Crippen LogP contribution in [0.15, 0.2) is 0 Å². The lowest BCUT2D eigenvalue weighted by Crippen LogP contribution is -2.47. The first-order chi connectivity index (χ1) is 6.43. The Morgan fingerprint density at radius 3 is 2.79 bits per heavy atom. The van der Waals surface area contributed by atoms with Crippen LogP contribution in [-0.4, -0.2) is 28.9 Å². The molecule has 0 radical (unpaired) electrons.